The molecule has 0 N–H and O–H groups in total. The van der Waals surface area contributed by atoms with Gasteiger partial charge in [-0.05, 0) is 38.8 Å². The standard InChI is InChI=1S/C17H34N2/c1-3-5-6-7-8-9-12-18-15-17-11-10-13-19(17)14-16(18)4-2/h16-17H,3-15H2,1-2H3. The van der Waals surface area contributed by atoms with Crippen LogP contribution in [0.5, 0.6) is 0 Å². The molecule has 2 heterocycles. The van der Waals surface area contributed by atoms with Crippen molar-refractivity contribution in [3.63, 3.8) is 0 Å². The topological polar surface area (TPSA) is 6.48 Å². The maximum Gasteiger partial charge on any atom is 0.0224 e. The van der Waals surface area contributed by atoms with Crippen molar-refractivity contribution < 1.29 is 0 Å². The van der Waals surface area contributed by atoms with Gasteiger partial charge in [0.05, 0.1) is 0 Å². The van der Waals surface area contributed by atoms with E-state index in [2.05, 4.69) is 23.6 Å². The van der Waals surface area contributed by atoms with Crippen molar-refractivity contribution in [2.45, 2.75) is 83.7 Å². The van der Waals surface area contributed by atoms with Gasteiger partial charge in [-0.3, -0.25) is 9.80 Å². The quantitative estimate of drug-likeness (QED) is 0.615. The number of nitrogens with zero attached hydrogens (tertiary/aromatic N) is 2. The predicted molar refractivity (Wildman–Crippen MR) is 83.6 cm³/mol. The molecule has 2 fully saturated rings. The van der Waals surface area contributed by atoms with Crippen molar-refractivity contribution in [3.8, 4) is 0 Å². The van der Waals surface area contributed by atoms with E-state index in [-0.39, 0.29) is 0 Å². The highest BCUT2D eigenvalue weighted by Crippen LogP contribution is 2.26. The molecule has 0 aliphatic carbocycles. The first-order valence-electron chi connectivity index (χ1n) is 8.83. The van der Waals surface area contributed by atoms with Gasteiger partial charge in [-0.15, -0.1) is 0 Å². The van der Waals surface area contributed by atoms with Crippen molar-refractivity contribution in [3.05, 3.63) is 0 Å². The van der Waals surface area contributed by atoms with Crippen molar-refractivity contribution >= 4 is 0 Å². The number of unbranched alkanes of at least 4 members (excludes halogenated alkanes) is 5. The van der Waals surface area contributed by atoms with Gasteiger partial charge in [0, 0.05) is 25.2 Å². The van der Waals surface area contributed by atoms with E-state index in [1.165, 1.54) is 84.0 Å². The zero-order valence-electron chi connectivity index (χ0n) is 13.2. The van der Waals surface area contributed by atoms with Crippen molar-refractivity contribution in [2.24, 2.45) is 0 Å². The zero-order chi connectivity index (χ0) is 13.5. The van der Waals surface area contributed by atoms with Crippen LogP contribution in [0.4, 0.5) is 0 Å². The molecule has 0 radical (unpaired) electrons. The van der Waals surface area contributed by atoms with E-state index in [1.807, 2.05) is 0 Å². The van der Waals surface area contributed by atoms with E-state index in [0.717, 1.165) is 12.1 Å². The van der Waals surface area contributed by atoms with Crippen LogP contribution >= 0.6 is 0 Å². The van der Waals surface area contributed by atoms with Gasteiger partial charge in [-0.2, -0.15) is 0 Å². The van der Waals surface area contributed by atoms with E-state index < -0.39 is 0 Å². The molecule has 112 valence electrons. The Morgan fingerprint density at radius 3 is 2.53 bits per heavy atom. The number of hydrogen-bond acceptors (Lipinski definition) is 2. The summed E-state index contributed by atoms with van der Waals surface area (Å²) < 4.78 is 0. The average molecular weight is 266 g/mol. The molecule has 2 atom stereocenters. The molecule has 0 aromatic heterocycles. The molecule has 2 unspecified atom stereocenters. The Labute approximate surface area is 120 Å². The van der Waals surface area contributed by atoms with Crippen LogP contribution in [0.3, 0.4) is 0 Å². The zero-order valence-corrected chi connectivity index (χ0v) is 13.2. The van der Waals surface area contributed by atoms with Gasteiger partial charge in [0.1, 0.15) is 0 Å². The Morgan fingerprint density at radius 2 is 1.74 bits per heavy atom. The molecule has 0 bridgehead atoms. The SMILES string of the molecule is CCCCCCCCN1CC2CCCN2CC1CC. The van der Waals surface area contributed by atoms with Crippen molar-refractivity contribution in [1.29, 1.82) is 0 Å². The molecule has 0 aromatic carbocycles. The van der Waals surface area contributed by atoms with Gasteiger partial charge in [0.25, 0.3) is 0 Å². The van der Waals surface area contributed by atoms with E-state index in [0.29, 0.717) is 0 Å². The molecule has 2 aliphatic heterocycles. The molecule has 2 aliphatic rings. The highest BCUT2D eigenvalue weighted by atomic mass is 15.3. The highest BCUT2D eigenvalue weighted by molar-refractivity contribution is 4.91. The van der Waals surface area contributed by atoms with Crippen LogP contribution in [0.15, 0.2) is 0 Å². The largest absolute Gasteiger partial charge is 0.298 e. The van der Waals surface area contributed by atoms with E-state index in [1.54, 1.807) is 0 Å². The highest BCUT2D eigenvalue weighted by Gasteiger charge is 2.34. The predicted octanol–water partition coefficient (Wildman–Crippen LogP) is 3.91. The fraction of sp³-hybridized carbons (Fsp3) is 1.00. The molecule has 2 saturated heterocycles. The van der Waals surface area contributed by atoms with Crippen molar-refractivity contribution in [1.82, 2.24) is 9.80 Å². The molecule has 2 nitrogen and oxygen atoms in total. The summed E-state index contributed by atoms with van der Waals surface area (Å²) >= 11 is 0. The van der Waals surface area contributed by atoms with Crippen LogP contribution in [0.1, 0.15) is 71.6 Å². The van der Waals surface area contributed by atoms with E-state index >= 15 is 0 Å². The van der Waals surface area contributed by atoms with Crippen LogP contribution < -0.4 is 0 Å². The first-order valence-corrected chi connectivity index (χ1v) is 8.83. The van der Waals surface area contributed by atoms with E-state index in [4.69, 9.17) is 0 Å². The summed E-state index contributed by atoms with van der Waals surface area (Å²) in [7, 11) is 0. The fourth-order valence-corrected chi connectivity index (χ4v) is 3.90. The number of fused-ring (bicyclic) bond motifs is 1. The summed E-state index contributed by atoms with van der Waals surface area (Å²) in [6, 6.07) is 1.73. The summed E-state index contributed by atoms with van der Waals surface area (Å²) in [5, 5.41) is 0. The molecule has 2 heteroatoms. The molecule has 0 amide bonds. The average Bonchev–Trinajstić information content (AvgIpc) is 2.88. The number of hydrogen-bond donors (Lipinski definition) is 0. The van der Waals surface area contributed by atoms with Crippen LogP contribution in [0.2, 0.25) is 0 Å². The van der Waals surface area contributed by atoms with Gasteiger partial charge < -0.3 is 0 Å². The van der Waals surface area contributed by atoms with E-state index in [9.17, 15) is 0 Å². The lowest BCUT2D eigenvalue weighted by molar-refractivity contribution is 0.0480. The van der Waals surface area contributed by atoms with Crippen LogP contribution in [-0.4, -0.2) is 48.1 Å². The Morgan fingerprint density at radius 1 is 0.947 bits per heavy atom. The lowest BCUT2D eigenvalue weighted by Gasteiger charge is -2.43. The summed E-state index contributed by atoms with van der Waals surface area (Å²) in [5.41, 5.74) is 0. The third kappa shape index (κ3) is 4.46. The molecule has 0 aromatic rings. The fourth-order valence-electron chi connectivity index (χ4n) is 3.90. The smallest absolute Gasteiger partial charge is 0.0224 e. The van der Waals surface area contributed by atoms with Crippen LogP contribution in [0, 0.1) is 0 Å². The number of rotatable bonds is 8. The first kappa shape index (κ1) is 15.3. The minimum Gasteiger partial charge on any atom is -0.298 e. The second kappa shape index (κ2) is 8.26. The Balaban J connectivity index is 1.66. The van der Waals surface area contributed by atoms with Gasteiger partial charge in [-0.1, -0.05) is 46.0 Å². The normalized spacial score (nSPS) is 28.7. The lowest BCUT2D eigenvalue weighted by Crippen LogP contribution is -2.55. The Hall–Kier alpha value is -0.0800. The molecule has 0 spiro atoms. The minimum absolute atomic E-state index is 0.838. The summed E-state index contributed by atoms with van der Waals surface area (Å²) in [5.74, 6) is 0. The van der Waals surface area contributed by atoms with Crippen LogP contribution in [0.25, 0.3) is 0 Å². The maximum absolute atomic E-state index is 2.81. The Bertz CT molecular complexity index is 241. The van der Waals surface area contributed by atoms with Crippen LogP contribution in [-0.2, 0) is 0 Å². The minimum atomic E-state index is 0.838. The Kier molecular flexibility index (Phi) is 6.66. The second-order valence-corrected chi connectivity index (χ2v) is 6.62. The van der Waals surface area contributed by atoms with Gasteiger partial charge >= 0.3 is 0 Å². The summed E-state index contributed by atoms with van der Waals surface area (Å²) in [6.45, 7) is 10.1. The third-order valence-corrected chi connectivity index (χ3v) is 5.18. The third-order valence-electron chi connectivity index (χ3n) is 5.18. The molecule has 0 saturated carbocycles. The van der Waals surface area contributed by atoms with Crippen molar-refractivity contribution in [2.75, 3.05) is 26.2 Å². The molecule has 2 rings (SSSR count). The summed E-state index contributed by atoms with van der Waals surface area (Å²) in [6.07, 6.45) is 12.8. The maximum atomic E-state index is 2.81. The van der Waals surface area contributed by atoms with Gasteiger partial charge in [-0.25, -0.2) is 0 Å². The second-order valence-electron chi connectivity index (χ2n) is 6.62. The molecule has 19 heavy (non-hydrogen) atoms. The van der Waals surface area contributed by atoms with Gasteiger partial charge in [0.15, 0.2) is 0 Å². The van der Waals surface area contributed by atoms with Gasteiger partial charge in [0.2, 0.25) is 0 Å². The molecular weight excluding hydrogens is 232 g/mol. The number of piperazine rings is 1. The first-order chi connectivity index (χ1) is 9.35. The summed E-state index contributed by atoms with van der Waals surface area (Å²) in [4.78, 5) is 5.57. The monoisotopic (exact) mass is 266 g/mol. The molecular formula is C17H34N2. The lowest BCUT2D eigenvalue weighted by atomic mass is 10.0.